The van der Waals surface area contributed by atoms with E-state index >= 15 is 0 Å². The van der Waals surface area contributed by atoms with Crippen molar-refractivity contribution >= 4 is 24.3 Å². The van der Waals surface area contributed by atoms with E-state index in [-0.39, 0.29) is 12.4 Å². The smallest absolute Gasteiger partial charge is 0.218 e. The van der Waals surface area contributed by atoms with Gasteiger partial charge in [-0.15, -0.1) is 12.4 Å². The fourth-order valence-electron chi connectivity index (χ4n) is 0.270. The number of rotatable bonds is 3. The number of hydrogen-bond acceptors (Lipinski definition) is 1. The predicted molar refractivity (Wildman–Crippen MR) is 54.5 cm³/mol. The van der Waals surface area contributed by atoms with E-state index in [2.05, 4.69) is 9.98 Å². The first-order chi connectivity index (χ1) is 8.56. The number of nitrogens with two attached hydrogens (primary N) is 3. The molecule has 0 saturated heterocycles. The van der Waals surface area contributed by atoms with Crippen molar-refractivity contribution in [3.05, 3.63) is 0 Å². The molecule has 0 aliphatic heterocycles. The van der Waals surface area contributed by atoms with Crippen molar-refractivity contribution in [1.29, 1.82) is 0 Å². The Balaban J connectivity index is 0. The summed E-state index contributed by atoms with van der Waals surface area (Å²) in [6.07, 6.45) is -7.04. The summed E-state index contributed by atoms with van der Waals surface area (Å²) in [5.74, 6) is -1.42. The summed E-state index contributed by atoms with van der Waals surface area (Å²) < 4.78 is 65.3. The van der Waals surface area contributed by atoms with E-state index in [1.165, 1.54) is 0 Å². The summed E-state index contributed by atoms with van der Waals surface area (Å²) in [5.41, 5.74) is 15.1. The highest BCUT2D eigenvalue weighted by Crippen LogP contribution is 1.86. The lowest BCUT2D eigenvalue weighted by molar-refractivity contribution is 0.806. The Kier molecular flexibility index (Phi) is 2.31. The molecule has 0 atom stereocenters. The summed E-state index contributed by atoms with van der Waals surface area (Å²) in [7, 11) is 0. The second-order valence-corrected chi connectivity index (χ2v) is 1.37. The van der Waals surface area contributed by atoms with Crippen LogP contribution < -0.4 is 17.2 Å². The molecule has 0 spiro atoms. The fourth-order valence-corrected chi connectivity index (χ4v) is 0.270. The van der Waals surface area contributed by atoms with Gasteiger partial charge in [0, 0.05) is 16.1 Å². The molecule has 0 saturated carbocycles. The molecule has 0 aromatic rings. The minimum atomic E-state index is -3.52. The summed E-state index contributed by atoms with van der Waals surface area (Å²) >= 11 is 0. The van der Waals surface area contributed by atoms with Crippen LogP contribution in [0, 0.1) is 0 Å². The lowest BCUT2D eigenvalue weighted by Crippen LogP contribution is -2.26. The molecular weight excluding hydrogens is 178 g/mol. The van der Waals surface area contributed by atoms with Gasteiger partial charge in [-0.3, -0.25) is 4.99 Å². The number of guanidine groups is 2. The van der Waals surface area contributed by atoms with Crippen LogP contribution in [0.2, 0.25) is 0 Å². The highest BCUT2D eigenvalue weighted by molar-refractivity contribution is 5.92. The van der Waals surface area contributed by atoms with Crippen molar-refractivity contribution in [1.82, 2.24) is 0 Å². The molecule has 0 radical (unpaired) electrons. The first-order valence-corrected chi connectivity index (χ1v) is 2.51. The third-order valence-electron chi connectivity index (χ3n) is 0.533. The van der Waals surface area contributed by atoms with E-state index in [0.29, 0.717) is 0 Å². The molecule has 0 aliphatic rings. The quantitative estimate of drug-likeness (QED) is 0.436. The maximum Gasteiger partial charge on any atom is 0.218 e. The van der Waals surface area contributed by atoms with E-state index < -0.39 is 38.0 Å². The van der Waals surface area contributed by atoms with Crippen molar-refractivity contribution in [2.24, 2.45) is 27.2 Å². The van der Waals surface area contributed by atoms with Crippen LogP contribution in [0.25, 0.3) is 0 Å². The van der Waals surface area contributed by atoms with Gasteiger partial charge in [0.25, 0.3) is 0 Å². The van der Waals surface area contributed by atoms with Crippen LogP contribution >= 0.6 is 12.4 Å². The van der Waals surface area contributed by atoms with E-state index in [9.17, 15) is 0 Å². The monoisotopic (exact) mass is 202 g/mol. The second kappa shape index (κ2) is 8.13. The molecule has 0 aliphatic carbocycles. The molecule has 0 amide bonds. The minimum absolute atomic E-state index is 0. The standard InChI is InChI=1S/C6H15N5.ClH/c1-2-3-4-10-6(9)11-5(7)8;/h2-4H2,1H3,(H6,7,8,9,10,11);1H/i1D3,2D2,3D2,4D2;. The summed E-state index contributed by atoms with van der Waals surface area (Å²) in [4.78, 5) is 6.17. The number of nitrogens with zero attached hydrogens (tertiary/aromatic N) is 2. The van der Waals surface area contributed by atoms with Crippen LogP contribution in [0.4, 0.5) is 0 Å². The number of hydrogen-bond donors (Lipinski definition) is 3. The predicted octanol–water partition coefficient (Wildman–Crippen LogP) is -0.204. The topological polar surface area (TPSA) is 103 Å². The van der Waals surface area contributed by atoms with Gasteiger partial charge in [-0.2, -0.15) is 4.99 Å². The van der Waals surface area contributed by atoms with Gasteiger partial charge in [0.1, 0.15) is 0 Å². The van der Waals surface area contributed by atoms with Gasteiger partial charge in [-0.25, -0.2) is 0 Å². The van der Waals surface area contributed by atoms with Crippen LogP contribution in [0.5, 0.6) is 0 Å². The molecule has 6 N–H and O–H groups in total. The molecular formula is C6H16ClN5. The van der Waals surface area contributed by atoms with E-state index in [1.54, 1.807) is 0 Å². The van der Waals surface area contributed by atoms with Gasteiger partial charge >= 0.3 is 0 Å². The van der Waals surface area contributed by atoms with Gasteiger partial charge in [0.05, 0.1) is 2.74 Å². The minimum Gasteiger partial charge on any atom is -0.370 e. The first-order valence-electron chi connectivity index (χ1n) is 7.01. The van der Waals surface area contributed by atoms with Crippen molar-refractivity contribution in [3.8, 4) is 0 Å². The highest BCUT2D eigenvalue weighted by Gasteiger charge is 1.86. The van der Waals surface area contributed by atoms with Crippen LogP contribution in [-0.2, 0) is 0 Å². The lowest BCUT2D eigenvalue weighted by atomic mass is 10.3. The summed E-state index contributed by atoms with van der Waals surface area (Å²) in [6, 6.07) is 0. The maximum atomic E-state index is 7.45. The molecule has 0 aromatic heterocycles. The van der Waals surface area contributed by atoms with E-state index in [1.807, 2.05) is 0 Å². The Bertz CT molecular complexity index is 425. The first kappa shape index (κ1) is 3.41. The molecule has 0 unspecified atom stereocenters. The molecule has 12 heavy (non-hydrogen) atoms. The Morgan fingerprint density at radius 1 is 1.50 bits per heavy atom. The molecule has 0 aromatic carbocycles. The molecule has 0 fully saturated rings. The summed E-state index contributed by atoms with van der Waals surface area (Å²) in [6.45, 7) is -6.72. The fraction of sp³-hybridized carbons (Fsp3) is 0.667. The largest absolute Gasteiger partial charge is 0.370 e. The molecule has 72 valence electrons. The van der Waals surface area contributed by atoms with Crippen LogP contribution in [0.3, 0.4) is 0 Å². The molecule has 0 rings (SSSR count). The molecule has 0 heterocycles. The lowest BCUT2D eigenvalue weighted by Gasteiger charge is -1.93. The SMILES string of the molecule is Cl.[2H]C([2H])([2H])C([2H])([2H])C([2H])([2H])C([2H])([2H])N=C(N)N=C(N)N. The maximum absolute atomic E-state index is 7.45. The van der Waals surface area contributed by atoms with Crippen molar-refractivity contribution in [2.75, 3.05) is 6.50 Å². The molecule has 6 heteroatoms. The Morgan fingerprint density at radius 2 is 2.17 bits per heavy atom. The molecule has 0 bridgehead atoms. The van der Waals surface area contributed by atoms with Gasteiger partial charge in [-0.1, -0.05) is 13.2 Å². The van der Waals surface area contributed by atoms with E-state index in [0.717, 1.165) is 0 Å². The van der Waals surface area contributed by atoms with Crippen molar-refractivity contribution in [3.63, 3.8) is 0 Å². The van der Waals surface area contributed by atoms with Crippen LogP contribution in [0.1, 0.15) is 31.9 Å². The highest BCUT2D eigenvalue weighted by atomic mass is 35.5. The number of halogens is 1. The Labute approximate surface area is 91.2 Å². The second-order valence-electron chi connectivity index (χ2n) is 1.37. The average Bonchev–Trinajstić information content (AvgIpc) is 2.12. The summed E-state index contributed by atoms with van der Waals surface area (Å²) in [5, 5.41) is 0. The third kappa shape index (κ3) is 9.03. The van der Waals surface area contributed by atoms with Crippen molar-refractivity contribution < 1.29 is 12.3 Å². The van der Waals surface area contributed by atoms with Gasteiger partial charge < -0.3 is 17.2 Å². The van der Waals surface area contributed by atoms with Gasteiger partial charge in [-0.05, 0) is 6.37 Å². The molecule has 5 nitrogen and oxygen atoms in total. The van der Waals surface area contributed by atoms with Crippen LogP contribution in [-0.4, -0.2) is 18.4 Å². The van der Waals surface area contributed by atoms with E-state index in [4.69, 9.17) is 29.5 Å². The Hall–Kier alpha value is -0.970. The van der Waals surface area contributed by atoms with Crippen LogP contribution in [0.15, 0.2) is 9.98 Å². The van der Waals surface area contributed by atoms with Crippen molar-refractivity contribution in [2.45, 2.75) is 19.6 Å². The number of aliphatic imine (C=N–C) groups is 2. The van der Waals surface area contributed by atoms with Gasteiger partial charge in [0.2, 0.25) is 5.96 Å². The normalized spacial score (nSPS) is 26.0. The average molecular weight is 203 g/mol. The zero-order valence-corrected chi connectivity index (χ0v) is 6.85. The zero-order valence-electron chi connectivity index (χ0n) is 15.0. The zero-order chi connectivity index (χ0) is 16.6. The Morgan fingerprint density at radius 3 is 2.67 bits per heavy atom. The van der Waals surface area contributed by atoms with Gasteiger partial charge in [0.15, 0.2) is 5.96 Å². The third-order valence-corrected chi connectivity index (χ3v) is 0.533.